The number of unbranched alkanes of at least 4 members (excludes halogenated alkanes) is 1. The molecule has 0 unspecified atom stereocenters. The Hall–Kier alpha value is -6.27. The highest BCUT2D eigenvalue weighted by Crippen LogP contribution is 2.48. The van der Waals surface area contributed by atoms with E-state index in [9.17, 15) is 58.8 Å². The first-order chi connectivity index (χ1) is 29.5. The van der Waals surface area contributed by atoms with E-state index in [-0.39, 0.29) is 12.2 Å². The maximum absolute atomic E-state index is 13.9. The highest BCUT2D eigenvalue weighted by Gasteiger charge is 2.39. The number of benzene rings is 3. The van der Waals surface area contributed by atoms with E-state index in [1.807, 2.05) is 98.8 Å². The van der Waals surface area contributed by atoms with Crippen LogP contribution in [0.15, 0.2) is 84.9 Å². The van der Waals surface area contributed by atoms with E-state index in [2.05, 4.69) is 21.3 Å². The van der Waals surface area contributed by atoms with Crippen molar-refractivity contribution in [2.75, 3.05) is 5.75 Å². The van der Waals surface area contributed by atoms with Crippen molar-refractivity contribution in [3.05, 3.63) is 107 Å². The molecule has 3 rings (SSSR count). The lowest BCUT2D eigenvalue weighted by Gasteiger charge is -2.36. The average molecular weight is 878 g/mol. The summed E-state index contributed by atoms with van der Waals surface area (Å²) in [5.41, 5.74) is 9.40. The molecular weight excluding hydrogens is 823 g/mol. The van der Waals surface area contributed by atoms with Gasteiger partial charge in [-0.25, -0.2) is 4.79 Å². The van der Waals surface area contributed by atoms with Gasteiger partial charge >= 0.3 is 23.9 Å². The molecule has 10 N–H and O–H groups in total. The van der Waals surface area contributed by atoms with Crippen LogP contribution in [0, 0.1) is 6.92 Å². The van der Waals surface area contributed by atoms with Gasteiger partial charge in [-0.3, -0.25) is 33.6 Å². The zero-order valence-electron chi connectivity index (χ0n) is 34.6. The molecule has 3 aromatic carbocycles. The van der Waals surface area contributed by atoms with Crippen molar-refractivity contribution in [1.82, 2.24) is 21.3 Å². The highest BCUT2D eigenvalue weighted by molar-refractivity contribution is 8.00. The van der Waals surface area contributed by atoms with Crippen LogP contribution in [0.1, 0.15) is 87.0 Å². The van der Waals surface area contributed by atoms with Gasteiger partial charge in [0.05, 0.1) is 10.8 Å². The zero-order chi connectivity index (χ0) is 45.8. The van der Waals surface area contributed by atoms with Crippen LogP contribution >= 0.6 is 11.8 Å². The largest absolute Gasteiger partial charge is 0.481 e. The molecule has 0 saturated carbocycles. The molecule has 0 aliphatic heterocycles. The first-order valence-corrected chi connectivity index (χ1v) is 21.1. The van der Waals surface area contributed by atoms with E-state index in [0.29, 0.717) is 6.42 Å². The second kappa shape index (κ2) is 24.9. The fraction of sp³-hybridized carbons (Fsp3) is 0.409. The number of carbonyl (C=O) groups is 8. The number of hydrogen-bond donors (Lipinski definition) is 9. The van der Waals surface area contributed by atoms with Crippen LogP contribution in [0.3, 0.4) is 0 Å². The van der Waals surface area contributed by atoms with Crippen molar-refractivity contribution in [2.45, 2.75) is 107 Å². The van der Waals surface area contributed by atoms with Gasteiger partial charge in [-0.1, -0.05) is 110 Å². The topological polar surface area (TPSA) is 292 Å². The molecule has 334 valence electrons. The molecule has 0 spiro atoms. The Bertz CT molecular complexity index is 1960. The van der Waals surface area contributed by atoms with Gasteiger partial charge in [-0.15, -0.1) is 11.8 Å². The number of aryl methyl sites for hydroxylation is 1. The molecule has 5 atom stereocenters. The number of nitrogens with two attached hydrogens (primary N) is 1. The molecule has 3 aromatic rings. The molecular formula is C44H55N5O12S. The second-order valence-corrected chi connectivity index (χ2v) is 16.0. The quantitative estimate of drug-likeness (QED) is 0.0498. The molecule has 0 aromatic heterocycles. The van der Waals surface area contributed by atoms with E-state index in [0.717, 1.165) is 28.7 Å². The van der Waals surface area contributed by atoms with Crippen LogP contribution in [-0.4, -0.2) is 104 Å². The van der Waals surface area contributed by atoms with Gasteiger partial charge in [0.25, 0.3) is 0 Å². The van der Waals surface area contributed by atoms with Crippen molar-refractivity contribution in [3.8, 4) is 0 Å². The van der Waals surface area contributed by atoms with Gasteiger partial charge in [0, 0.05) is 25.0 Å². The summed E-state index contributed by atoms with van der Waals surface area (Å²) in [5.74, 6) is -9.63. The molecule has 17 nitrogen and oxygen atoms in total. The molecule has 4 amide bonds. The third kappa shape index (κ3) is 15.3. The fourth-order valence-electron chi connectivity index (χ4n) is 6.53. The van der Waals surface area contributed by atoms with Crippen LogP contribution in [0.2, 0.25) is 0 Å². The molecule has 18 heteroatoms. The maximum atomic E-state index is 13.9. The summed E-state index contributed by atoms with van der Waals surface area (Å²) in [6, 6.07) is 19.1. The van der Waals surface area contributed by atoms with Crippen molar-refractivity contribution in [2.24, 2.45) is 5.73 Å². The summed E-state index contributed by atoms with van der Waals surface area (Å²) in [7, 11) is 0. The molecule has 0 bridgehead atoms. The average Bonchev–Trinajstić information content (AvgIpc) is 3.24. The molecule has 0 aliphatic rings. The predicted octanol–water partition coefficient (Wildman–Crippen LogP) is 3.16. The van der Waals surface area contributed by atoms with Crippen LogP contribution in [0.25, 0.3) is 0 Å². The van der Waals surface area contributed by atoms with E-state index < -0.39 is 121 Å². The smallest absolute Gasteiger partial charge is 0.327 e. The molecule has 0 heterocycles. The van der Waals surface area contributed by atoms with Gasteiger partial charge in [0.1, 0.15) is 24.2 Å². The van der Waals surface area contributed by atoms with Crippen molar-refractivity contribution in [1.29, 1.82) is 0 Å². The highest BCUT2D eigenvalue weighted by atomic mass is 32.2. The Morgan fingerprint density at radius 3 is 1.29 bits per heavy atom. The Labute approximate surface area is 363 Å². The number of carboxylic acids is 4. The van der Waals surface area contributed by atoms with Crippen molar-refractivity contribution in [3.63, 3.8) is 0 Å². The number of carboxylic acid groups (broad SMARTS) is 4. The van der Waals surface area contributed by atoms with Gasteiger partial charge in [0.15, 0.2) is 0 Å². The van der Waals surface area contributed by atoms with Crippen molar-refractivity contribution < 1.29 is 58.8 Å². The molecule has 0 aliphatic carbocycles. The van der Waals surface area contributed by atoms with E-state index in [1.54, 1.807) is 0 Å². The number of amides is 4. The van der Waals surface area contributed by atoms with Gasteiger partial charge in [0.2, 0.25) is 23.6 Å². The first kappa shape index (κ1) is 50.1. The molecule has 0 fully saturated rings. The van der Waals surface area contributed by atoms with E-state index >= 15 is 0 Å². The molecule has 0 saturated heterocycles. The first-order valence-electron chi connectivity index (χ1n) is 20.2. The fourth-order valence-corrected chi connectivity index (χ4v) is 8.08. The number of rotatable bonds is 27. The van der Waals surface area contributed by atoms with Crippen LogP contribution in [0.5, 0.6) is 0 Å². The summed E-state index contributed by atoms with van der Waals surface area (Å²) in [5, 5.41) is 48.2. The number of hydrogen-bond acceptors (Lipinski definition) is 10. The minimum atomic E-state index is -1.69. The van der Waals surface area contributed by atoms with E-state index in [1.165, 1.54) is 11.8 Å². The third-order valence-electron chi connectivity index (χ3n) is 9.94. The Balaban J connectivity index is 1.93. The number of nitrogens with one attached hydrogen (secondary N) is 4. The van der Waals surface area contributed by atoms with Gasteiger partial charge in [-0.2, -0.15) is 0 Å². The van der Waals surface area contributed by atoms with Gasteiger partial charge < -0.3 is 47.4 Å². The lowest BCUT2D eigenvalue weighted by atomic mass is 9.84. The summed E-state index contributed by atoms with van der Waals surface area (Å²) in [6.45, 7) is 3.82. The van der Waals surface area contributed by atoms with Crippen LogP contribution in [-0.2, 0) is 43.1 Å². The number of carbonyl (C=O) groups excluding carboxylic acids is 4. The van der Waals surface area contributed by atoms with Gasteiger partial charge in [-0.05, 0) is 49.3 Å². The Morgan fingerprint density at radius 1 is 0.548 bits per heavy atom. The molecule has 0 radical (unpaired) electrons. The predicted molar refractivity (Wildman–Crippen MR) is 230 cm³/mol. The summed E-state index contributed by atoms with van der Waals surface area (Å²) in [6.07, 6.45) is -1.78. The summed E-state index contributed by atoms with van der Waals surface area (Å²) >= 11 is 1.24. The molecule has 62 heavy (non-hydrogen) atoms. The maximum Gasteiger partial charge on any atom is 0.327 e. The standard InChI is InChI=1S/C44H55N5O12S/c1-3-4-15-31(45)39(56)46-32(20-23-36(50)51)40(57)47-33(21-24-37(52)53)41(58)48-34(22-25-38(54)55)42(59)49-35(43(60)61)26-62-44(28-11-7-5-8-12-28,29-13-9-6-10-14-29)30-18-16-27(2)17-19-30/h5-14,16-19,31-35H,3-4,15,20-26,45H2,1-2H3,(H,46,56)(H,47,57)(H,48,58)(H,49,59)(H,50,51)(H,52,53)(H,54,55)(H,60,61)/t31-,32-,33-,34-,35-/m0/s1. The van der Waals surface area contributed by atoms with Crippen LogP contribution < -0.4 is 27.0 Å². The Kier molecular flexibility index (Phi) is 20.1. The third-order valence-corrected chi connectivity index (χ3v) is 11.6. The van der Waals surface area contributed by atoms with Crippen molar-refractivity contribution >= 4 is 59.3 Å². The number of thioether (sulfide) groups is 1. The monoisotopic (exact) mass is 877 g/mol. The SMILES string of the molecule is CCCC[C@H](N)C(=O)N[C@@H](CCC(=O)O)C(=O)N[C@@H](CCC(=O)O)C(=O)N[C@@H](CCC(=O)O)C(=O)N[C@@H](CSC(c1ccccc1)(c1ccccc1)c1ccc(C)cc1)C(=O)O. The minimum Gasteiger partial charge on any atom is -0.481 e. The zero-order valence-corrected chi connectivity index (χ0v) is 35.4. The normalized spacial score (nSPS) is 13.6. The van der Waals surface area contributed by atoms with Crippen LogP contribution in [0.4, 0.5) is 0 Å². The van der Waals surface area contributed by atoms with E-state index in [4.69, 9.17) is 5.73 Å². The minimum absolute atomic E-state index is 0.221. The summed E-state index contributed by atoms with van der Waals surface area (Å²) < 4.78 is -0.983. The summed E-state index contributed by atoms with van der Waals surface area (Å²) in [4.78, 5) is 101. The number of aliphatic carboxylic acids is 4. The lowest BCUT2D eigenvalue weighted by molar-refractivity contribution is -0.142. The lowest BCUT2D eigenvalue weighted by Crippen LogP contribution is -2.58. The second-order valence-electron chi connectivity index (χ2n) is 14.7. The Morgan fingerprint density at radius 2 is 0.919 bits per heavy atom.